The number of rotatable bonds is 12. The van der Waals surface area contributed by atoms with Gasteiger partial charge in [0.25, 0.3) is 0 Å². The standard InChI is InChI=1S/C29H32Cl2F6N2O4/c1-3-43-27(40)19-6-9-39(10-7-19)11-8-23(20-4-5-24(30)25(31)14-20)26(38-41-2)17-42-16-18-12-21(28(32,33)34)15-22(13-18)29(35,36)37/h4-5,12-15,19,23H,3,6-11,16-17H2,1-2H3. The number of hydrogen-bond acceptors (Lipinski definition) is 6. The summed E-state index contributed by atoms with van der Waals surface area (Å²) in [6.45, 7) is 3.23. The molecule has 0 N–H and O–H groups in total. The van der Waals surface area contributed by atoms with Gasteiger partial charge in [-0.25, -0.2) is 0 Å². The number of likely N-dealkylation sites (tertiary alicyclic amines) is 1. The second kappa shape index (κ2) is 15.5. The maximum Gasteiger partial charge on any atom is 0.416 e. The van der Waals surface area contributed by atoms with Crippen LogP contribution in [0, 0.1) is 5.92 Å². The molecule has 1 aliphatic heterocycles. The first-order chi connectivity index (χ1) is 20.2. The van der Waals surface area contributed by atoms with Gasteiger partial charge in [-0.15, -0.1) is 0 Å². The quantitative estimate of drug-likeness (QED) is 0.100. The predicted octanol–water partition coefficient (Wildman–Crippen LogP) is 8.00. The summed E-state index contributed by atoms with van der Waals surface area (Å²) in [5.41, 5.74) is -2.08. The second-order valence-electron chi connectivity index (χ2n) is 10.1. The molecule has 1 heterocycles. The maximum atomic E-state index is 13.3. The fourth-order valence-corrected chi connectivity index (χ4v) is 5.21. The Hall–Kier alpha value is -2.54. The van der Waals surface area contributed by atoms with Crippen LogP contribution >= 0.6 is 23.2 Å². The van der Waals surface area contributed by atoms with E-state index in [0.29, 0.717) is 79.0 Å². The highest BCUT2D eigenvalue weighted by atomic mass is 35.5. The van der Waals surface area contributed by atoms with Crippen LogP contribution in [0.2, 0.25) is 10.0 Å². The molecule has 2 aromatic rings. The van der Waals surface area contributed by atoms with Crippen LogP contribution in [0.15, 0.2) is 41.6 Å². The number of benzene rings is 2. The molecule has 14 heteroatoms. The number of carbonyl (C=O) groups excluding carboxylic acids is 1. The lowest BCUT2D eigenvalue weighted by molar-refractivity contribution is -0.149. The van der Waals surface area contributed by atoms with E-state index in [-0.39, 0.29) is 30.1 Å². The Bertz CT molecular complexity index is 1230. The fraction of sp³-hybridized carbons (Fsp3) is 0.517. The molecule has 3 rings (SSSR count). The van der Waals surface area contributed by atoms with Crippen molar-refractivity contribution in [3.63, 3.8) is 0 Å². The van der Waals surface area contributed by atoms with E-state index in [4.69, 9.17) is 37.5 Å². The molecule has 0 spiro atoms. The summed E-state index contributed by atoms with van der Waals surface area (Å²) in [5.74, 6) is -0.801. The highest BCUT2D eigenvalue weighted by Gasteiger charge is 2.37. The molecule has 2 aromatic carbocycles. The predicted molar refractivity (Wildman–Crippen MR) is 150 cm³/mol. The topological polar surface area (TPSA) is 60.4 Å². The van der Waals surface area contributed by atoms with Gasteiger partial charge in [-0.3, -0.25) is 4.79 Å². The van der Waals surface area contributed by atoms with E-state index in [1.807, 2.05) is 0 Å². The van der Waals surface area contributed by atoms with Gasteiger partial charge in [0.05, 0.1) is 52.6 Å². The summed E-state index contributed by atoms with van der Waals surface area (Å²) in [4.78, 5) is 19.3. The van der Waals surface area contributed by atoms with Crippen LogP contribution in [0.25, 0.3) is 0 Å². The van der Waals surface area contributed by atoms with Gasteiger partial charge in [0.2, 0.25) is 0 Å². The summed E-state index contributed by atoms with van der Waals surface area (Å²) in [6, 6.07) is 6.34. The van der Waals surface area contributed by atoms with E-state index in [0.717, 1.165) is 0 Å². The lowest BCUT2D eigenvalue weighted by Crippen LogP contribution is -2.38. The van der Waals surface area contributed by atoms with Gasteiger partial charge in [0, 0.05) is 5.92 Å². The van der Waals surface area contributed by atoms with Gasteiger partial charge < -0.3 is 19.2 Å². The van der Waals surface area contributed by atoms with E-state index in [2.05, 4.69) is 10.1 Å². The number of esters is 1. The maximum absolute atomic E-state index is 13.3. The Kier molecular flexibility index (Phi) is 12.6. The summed E-state index contributed by atoms with van der Waals surface area (Å²) < 4.78 is 90.4. The molecule has 0 aromatic heterocycles. The molecule has 1 saturated heterocycles. The van der Waals surface area contributed by atoms with E-state index >= 15 is 0 Å². The third-order valence-corrected chi connectivity index (χ3v) is 7.80. The van der Waals surface area contributed by atoms with Gasteiger partial charge in [-0.1, -0.05) is 34.4 Å². The van der Waals surface area contributed by atoms with Gasteiger partial charge >= 0.3 is 18.3 Å². The summed E-state index contributed by atoms with van der Waals surface area (Å²) >= 11 is 12.4. The molecule has 0 amide bonds. The van der Waals surface area contributed by atoms with Crippen molar-refractivity contribution in [3.05, 3.63) is 68.7 Å². The molecule has 6 nitrogen and oxygen atoms in total. The molecule has 43 heavy (non-hydrogen) atoms. The Morgan fingerprint density at radius 3 is 2.16 bits per heavy atom. The summed E-state index contributed by atoms with van der Waals surface area (Å²) in [5, 5.41) is 4.72. The normalized spacial score (nSPS) is 16.3. The number of carbonyl (C=O) groups is 1. The molecule has 0 saturated carbocycles. The van der Waals surface area contributed by atoms with Crippen molar-refractivity contribution in [1.82, 2.24) is 4.90 Å². The zero-order valence-corrected chi connectivity index (χ0v) is 25.0. The van der Waals surface area contributed by atoms with Crippen LogP contribution in [0.1, 0.15) is 54.4 Å². The molecule has 1 atom stereocenters. The lowest BCUT2D eigenvalue weighted by Gasteiger charge is -2.32. The summed E-state index contributed by atoms with van der Waals surface area (Å²) in [7, 11) is 1.31. The largest absolute Gasteiger partial charge is 0.466 e. The van der Waals surface area contributed by atoms with Crippen molar-refractivity contribution >= 4 is 34.9 Å². The number of alkyl halides is 6. The minimum atomic E-state index is -4.97. The second-order valence-corrected chi connectivity index (χ2v) is 10.9. The SMILES string of the molecule is CCOC(=O)C1CCN(CCC(C(COCc2cc(C(F)(F)F)cc(C(F)(F)F)c2)=NOC)c2ccc(Cl)c(Cl)c2)CC1. The number of nitrogens with zero attached hydrogens (tertiary/aromatic N) is 2. The molecule has 1 unspecified atom stereocenters. The smallest absolute Gasteiger partial charge is 0.416 e. The average molecular weight is 657 g/mol. The van der Waals surface area contributed by atoms with E-state index in [9.17, 15) is 31.1 Å². The number of ether oxygens (including phenoxy) is 2. The Labute approximate surface area is 255 Å². The van der Waals surface area contributed by atoms with Gasteiger partial charge in [0.1, 0.15) is 7.11 Å². The Morgan fingerprint density at radius 2 is 1.63 bits per heavy atom. The minimum absolute atomic E-state index is 0.0666. The highest BCUT2D eigenvalue weighted by molar-refractivity contribution is 6.42. The van der Waals surface area contributed by atoms with Crippen molar-refractivity contribution in [2.45, 2.75) is 51.1 Å². The molecule has 0 bridgehead atoms. The van der Waals surface area contributed by atoms with Crippen LogP contribution in [-0.4, -0.2) is 56.5 Å². The number of halogens is 8. The zero-order chi connectivity index (χ0) is 31.8. The van der Waals surface area contributed by atoms with Crippen LogP contribution in [0.5, 0.6) is 0 Å². The molecular weight excluding hydrogens is 625 g/mol. The fourth-order valence-electron chi connectivity index (χ4n) is 4.90. The Morgan fingerprint density at radius 1 is 1.00 bits per heavy atom. The number of piperidine rings is 1. The first kappa shape index (κ1) is 34.9. The first-order valence-corrected chi connectivity index (χ1v) is 14.3. The molecule has 1 aliphatic rings. The molecular formula is C29H32Cl2F6N2O4. The van der Waals surface area contributed by atoms with E-state index < -0.39 is 36.0 Å². The molecule has 238 valence electrons. The van der Waals surface area contributed by atoms with Crippen molar-refractivity contribution in [2.24, 2.45) is 11.1 Å². The molecule has 1 fully saturated rings. The molecule has 0 aliphatic carbocycles. The monoisotopic (exact) mass is 656 g/mol. The van der Waals surface area contributed by atoms with Crippen molar-refractivity contribution in [3.8, 4) is 0 Å². The zero-order valence-electron chi connectivity index (χ0n) is 23.5. The number of hydrogen-bond donors (Lipinski definition) is 0. The lowest BCUT2D eigenvalue weighted by atomic mass is 9.90. The third-order valence-electron chi connectivity index (χ3n) is 7.06. The first-order valence-electron chi connectivity index (χ1n) is 13.5. The highest BCUT2D eigenvalue weighted by Crippen LogP contribution is 2.37. The van der Waals surface area contributed by atoms with Gasteiger partial charge in [-0.2, -0.15) is 26.3 Å². The van der Waals surface area contributed by atoms with Crippen molar-refractivity contribution in [2.75, 3.05) is 40.0 Å². The van der Waals surface area contributed by atoms with Crippen LogP contribution in [-0.2, 0) is 38.1 Å². The van der Waals surface area contributed by atoms with E-state index in [1.165, 1.54) is 7.11 Å². The van der Waals surface area contributed by atoms with Crippen LogP contribution in [0.4, 0.5) is 26.3 Å². The average Bonchev–Trinajstić information content (AvgIpc) is 2.94. The third kappa shape index (κ3) is 10.3. The van der Waals surface area contributed by atoms with Crippen LogP contribution in [0.3, 0.4) is 0 Å². The Balaban J connectivity index is 1.77. The van der Waals surface area contributed by atoms with Crippen molar-refractivity contribution < 1.29 is 45.4 Å². The summed E-state index contributed by atoms with van der Waals surface area (Å²) in [6.07, 6.45) is -8.15. The number of oxime groups is 1. The minimum Gasteiger partial charge on any atom is -0.466 e. The van der Waals surface area contributed by atoms with Gasteiger partial charge in [0.15, 0.2) is 0 Å². The molecule has 0 radical (unpaired) electrons. The van der Waals surface area contributed by atoms with E-state index in [1.54, 1.807) is 25.1 Å². The van der Waals surface area contributed by atoms with Gasteiger partial charge in [-0.05, 0) is 87.3 Å². The van der Waals surface area contributed by atoms with Crippen molar-refractivity contribution in [1.29, 1.82) is 0 Å². The van der Waals surface area contributed by atoms with Crippen LogP contribution < -0.4 is 0 Å².